The van der Waals surface area contributed by atoms with Gasteiger partial charge in [-0.1, -0.05) is 36.0 Å². The summed E-state index contributed by atoms with van der Waals surface area (Å²) in [4.78, 5) is 5.50. The number of phenols is 1. The minimum absolute atomic E-state index is 0.297. The van der Waals surface area contributed by atoms with Gasteiger partial charge in [-0.05, 0) is 23.6 Å². The summed E-state index contributed by atoms with van der Waals surface area (Å²) in [7, 11) is 0. The van der Waals surface area contributed by atoms with Gasteiger partial charge in [-0.3, -0.25) is 0 Å². The number of fused-ring (bicyclic) bond motifs is 2. The van der Waals surface area contributed by atoms with E-state index in [2.05, 4.69) is 10.1 Å². The number of aromatic hydroxyl groups is 1. The van der Waals surface area contributed by atoms with E-state index in [4.69, 9.17) is 0 Å². The number of phenolic OH excluding ortho intramolecular Hbond substituents is 1. The van der Waals surface area contributed by atoms with Gasteiger partial charge in [-0.15, -0.1) is 0 Å². The summed E-state index contributed by atoms with van der Waals surface area (Å²) in [5, 5.41) is 16.9. The van der Waals surface area contributed by atoms with Crippen molar-refractivity contribution < 1.29 is 5.11 Å². The zero-order valence-corrected chi connectivity index (χ0v) is 11.8. The first-order valence-electron chi connectivity index (χ1n) is 6.50. The molecule has 0 aliphatic carbocycles. The monoisotopic (exact) mass is 293 g/mol. The highest BCUT2D eigenvalue weighted by Gasteiger charge is 2.10. The Hall–Kier alpha value is -2.53. The average Bonchev–Trinajstić information content (AvgIpc) is 3.00. The maximum Gasteiger partial charge on any atom is 0.127 e. The van der Waals surface area contributed by atoms with Crippen molar-refractivity contribution in [3.05, 3.63) is 61.1 Å². The van der Waals surface area contributed by atoms with Crippen molar-refractivity contribution in [2.45, 2.75) is 9.92 Å². The Bertz CT molecular complexity index is 948. The van der Waals surface area contributed by atoms with Crippen molar-refractivity contribution in [2.24, 2.45) is 0 Å². The molecule has 4 rings (SSSR count). The third-order valence-electron chi connectivity index (χ3n) is 3.36. The minimum atomic E-state index is 0.297. The molecule has 0 saturated carbocycles. The van der Waals surface area contributed by atoms with Crippen molar-refractivity contribution in [3.63, 3.8) is 0 Å². The van der Waals surface area contributed by atoms with Crippen molar-refractivity contribution >= 4 is 28.1 Å². The lowest BCUT2D eigenvalue weighted by atomic mass is 10.1. The molecule has 0 saturated heterocycles. The van der Waals surface area contributed by atoms with Crippen LogP contribution in [0.2, 0.25) is 0 Å². The van der Waals surface area contributed by atoms with Gasteiger partial charge < -0.3 is 5.11 Å². The maximum atomic E-state index is 9.96. The van der Waals surface area contributed by atoms with Gasteiger partial charge in [-0.25, -0.2) is 9.50 Å². The Morgan fingerprint density at radius 3 is 2.71 bits per heavy atom. The molecule has 0 fully saturated rings. The van der Waals surface area contributed by atoms with Gasteiger partial charge in [0.1, 0.15) is 10.8 Å². The number of hydrogen-bond acceptors (Lipinski definition) is 4. The molecule has 4 aromatic rings. The third kappa shape index (κ3) is 2.02. The predicted molar refractivity (Wildman–Crippen MR) is 82.7 cm³/mol. The molecule has 0 bridgehead atoms. The molecule has 0 spiro atoms. The SMILES string of the molecule is Oc1ccc(Sc2nccn3nccc23)c2ccccc12. The second kappa shape index (κ2) is 4.79. The first-order chi connectivity index (χ1) is 10.3. The minimum Gasteiger partial charge on any atom is -0.507 e. The smallest absolute Gasteiger partial charge is 0.127 e. The lowest BCUT2D eigenvalue weighted by molar-refractivity contribution is 0.481. The van der Waals surface area contributed by atoms with E-state index < -0.39 is 0 Å². The van der Waals surface area contributed by atoms with E-state index >= 15 is 0 Å². The molecule has 2 aromatic carbocycles. The van der Waals surface area contributed by atoms with Crippen LogP contribution in [0, 0.1) is 0 Å². The van der Waals surface area contributed by atoms with E-state index in [1.54, 1.807) is 34.7 Å². The van der Waals surface area contributed by atoms with E-state index in [1.165, 1.54) is 0 Å². The molecule has 0 aliphatic rings. The van der Waals surface area contributed by atoms with Crippen LogP contribution in [-0.2, 0) is 0 Å². The van der Waals surface area contributed by atoms with Crippen molar-refractivity contribution in [1.82, 2.24) is 14.6 Å². The number of hydrogen-bond donors (Lipinski definition) is 1. The van der Waals surface area contributed by atoms with Crippen LogP contribution in [0.15, 0.2) is 71.0 Å². The molecule has 5 heteroatoms. The molecule has 2 heterocycles. The van der Waals surface area contributed by atoms with E-state index in [0.29, 0.717) is 5.75 Å². The van der Waals surface area contributed by atoms with Crippen LogP contribution in [0.3, 0.4) is 0 Å². The van der Waals surface area contributed by atoms with E-state index in [9.17, 15) is 5.11 Å². The number of rotatable bonds is 2. The Balaban J connectivity index is 1.88. The van der Waals surface area contributed by atoms with Gasteiger partial charge in [0, 0.05) is 22.7 Å². The molecule has 0 radical (unpaired) electrons. The highest BCUT2D eigenvalue weighted by molar-refractivity contribution is 7.99. The van der Waals surface area contributed by atoms with Crippen molar-refractivity contribution in [3.8, 4) is 5.75 Å². The quantitative estimate of drug-likeness (QED) is 0.611. The standard InChI is InChI=1S/C16H11N3OS/c20-14-5-6-15(12-4-2-1-3-11(12)14)21-16-13-7-8-18-19(13)10-9-17-16/h1-10,20H. The molecule has 0 atom stereocenters. The Labute approximate surface area is 125 Å². The molecule has 1 N–H and O–H groups in total. The van der Waals surface area contributed by atoms with Crippen LogP contribution in [0.5, 0.6) is 5.75 Å². The highest BCUT2D eigenvalue weighted by Crippen LogP contribution is 2.37. The fraction of sp³-hybridized carbons (Fsp3) is 0. The molecular weight excluding hydrogens is 282 g/mol. The summed E-state index contributed by atoms with van der Waals surface area (Å²) < 4.78 is 1.80. The van der Waals surface area contributed by atoms with Crippen molar-refractivity contribution in [1.29, 1.82) is 0 Å². The summed E-state index contributed by atoms with van der Waals surface area (Å²) in [5.41, 5.74) is 0.972. The summed E-state index contributed by atoms with van der Waals surface area (Å²) >= 11 is 1.58. The third-order valence-corrected chi connectivity index (χ3v) is 4.44. The van der Waals surface area contributed by atoms with Gasteiger partial charge in [0.05, 0.1) is 11.7 Å². The Kier molecular flexibility index (Phi) is 2.79. The Morgan fingerprint density at radius 1 is 0.952 bits per heavy atom. The summed E-state index contributed by atoms with van der Waals surface area (Å²) in [6, 6.07) is 13.4. The largest absolute Gasteiger partial charge is 0.507 e. The molecule has 21 heavy (non-hydrogen) atoms. The zero-order chi connectivity index (χ0) is 14.2. The molecule has 4 nitrogen and oxygen atoms in total. The van der Waals surface area contributed by atoms with Crippen LogP contribution < -0.4 is 0 Å². The van der Waals surface area contributed by atoms with Gasteiger partial charge in [0.2, 0.25) is 0 Å². The van der Waals surface area contributed by atoms with Crippen LogP contribution in [0.4, 0.5) is 0 Å². The second-order valence-electron chi connectivity index (χ2n) is 4.62. The van der Waals surface area contributed by atoms with Crippen molar-refractivity contribution in [2.75, 3.05) is 0 Å². The number of nitrogens with zero attached hydrogens (tertiary/aromatic N) is 3. The topological polar surface area (TPSA) is 50.4 Å². The predicted octanol–water partition coefficient (Wildman–Crippen LogP) is 3.74. The maximum absolute atomic E-state index is 9.96. The summed E-state index contributed by atoms with van der Waals surface area (Å²) in [6.07, 6.45) is 5.33. The zero-order valence-electron chi connectivity index (χ0n) is 11.0. The first-order valence-corrected chi connectivity index (χ1v) is 7.31. The summed E-state index contributed by atoms with van der Waals surface area (Å²) in [6.45, 7) is 0. The fourth-order valence-electron chi connectivity index (χ4n) is 2.36. The first kappa shape index (κ1) is 12.2. The van der Waals surface area contributed by atoms with Crippen LogP contribution >= 0.6 is 11.8 Å². The lowest BCUT2D eigenvalue weighted by Gasteiger charge is -2.08. The molecular formula is C16H11N3OS. The highest BCUT2D eigenvalue weighted by atomic mass is 32.2. The fourth-order valence-corrected chi connectivity index (χ4v) is 3.37. The second-order valence-corrected chi connectivity index (χ2v) is 5.65. The van der Waals surface area contributed by atoms with Crippen LogP contribution in [0.1, 0.15) is 0 Å². The van der Waals surface area contributed by atoms with Gasteiger partial charge in [-0.2, -0.15) is 5.10 Å². The number of aromatic nitrogens is 3. The Morgan fingerprint density at radius 2 is 1.81 bits per heavy atom. The van der Waals surface area contributed by atoms with Gasteiger partial charge in [0.25, 0.3) is 0 Å². The van der Waals surface area contributed by atoms with E-state index in [0.717, 1.165) is 26.2 Å². The summed E-state index contributed by atoms with van der Waals surface area (Å²) in [5.74, 6) is 0.297. The van der Waals surface area contributed by atoms with Crippen LogP contribution in [0.25, 0.3) is 16.3 Å². The molecule has 0 aliphatic heterocycles. The average molecular weight is 293 g/mol. The number of benzene rings is 2. The molecule has 0 amide bonds. The molecule has 0 unspecified atom stereocenters. The van der Waals surface area contributed by atoms with Gasteiger partial charge in [0.15, 0.2) is 0 Å². The molecule has 102 valence electrons. The lowest BCUT2D eigenvalue weighted by Crippen LogP contribution is -1.90. The van der Waals surface area contributed by atoms with E-state index in [-0.39, 0.29) is 0 Å². The van der Waals surface area contributed by atoms with Crippen LogP contribution in [-0.4, -0.2) is 19.7 Å². The van der Waals surface area contributed by atoms with E-state index in [1.807, 2.05) is 42.6 Å². The normalized spacial score (nSPS) is 11.2. The molecule has 2 aromatic heterocycles. The van der Waals surface area contributed by atoms with Gasteiger partial charge >= 0.3 is 0 Å².